The average molecular weight is 434 g/mol. The Kier molecular flexibility index (Phi) is 5.95. The van der Waals surface area contributed by atoms with Crippen LogP contribution in [0.15, 0.2) is 47.4 Å². The van der Waals surface area contributed by atoms with Crippen LogP contribution in [-0.4, -0.2) is 31.8 Å². The standard InChI is InChI=1S/C22H24ClNO4S/c23-20-6-1-3-16(13-20)15-28-22(25)18-9-11-24(12-10-18)29(26,27)21-8-7-17-4-2-5-19(17)14-21/h1,3,6-8,13-14,18H,2,4-5,9-12,15H2. The van der Waals surface area contributed by atoms with Crippen LogP contribution < -0.4 is 0 Å². The zero-order valence-corrected chi connectivity index (χ0v) is 17.7. The predicted molar refractivity (Wildman–Crippen MR) is 111 cm³/mol. The first kappa shape index (κ1) is 20.4. The first-order chi connectivity index (χ1) is 13.9. The number of sulfonamides is 1. The van der Waals surface area contributed by atoms with Crippen LogP contribution in [0.5, 0.6) is 0 Å². The van der Waals surface area contributed by atoms with Crippen LogP contribution in [0.25, 0.3) is 0 Å². The number of fused-ring (bicyclic) bond motifs is 1. The summed E-state index contributed by atoms with van der Waals surface area (Å²) in [4.78, 5) is 12.7. The molecule has 2 aromatic rings. The van der Waals surface area contributed by atoms with E-state index in [2.05, 4.69) is 0 Å². The first-order valence-corrected chi connectivity index (χ1v) is 11.8. The fourth-order valence-electron chi connectivity index (χ4n) is 4.09. The zero-order valence-electron chi connectivity index (χ0n) is 16.1. The third-order valence-corrected chi connectivity index (χ3v) is 7.89. The summed E-state index contributed by atoms with van der Waals surface area (Å²) in [6, 6.07) is 12.7. The maximum absolute atomic E-state index is 13.0. The van der Waals surface area contributed by atoms with E-state index < -0.39 is 10.0 Å². The molecule has 1 aliphatic carbocycles. The van der Waals surface area contributed by atoms with Crippen molar-refractivity contribution in [2.45, 2.75) is 43.6 Å². The minimum Gasteiger partial charge on any atom is -0.461 e. The van der Waals surface area contributed by atoms with Gasteiger partial charge in [-0.3, -0.25) is 4.79 Å². The molecule has 0 N–H and O–H groups in total. The Hall–Kier alpha value is -1.89. The van der Waals surface area contributed by atoms with Crippen LogP contribution in [0, 0.1) is 5.92 Å². The Morgan fingerprint density at radius 3 is 2.59 bits per heavy atom. The largest absolute Gasteiger partial charge is 0.461 e. The summed E-state index contributed by atoms with van der Waals surface area (Å²) in [5.41, 5.74) is 3.23. The summed E-state index contributed by atoms with van der Waals surface area (Å²) in [6.45, 7) is 0.833. The van der Waals surface area contributed by atoms with Crippen LogP contribution in [-0.2, 0) is 39.0 Å². The number of benzene rings is 2. The molecule has 0 aromatic heterocycles. The third kappa shape index (κ3) is 4.49. The van der Waals surface area contributed by atoms with Gasteiger partial charge in [0, 0.05) is 18.1 Å². The van der Waals surface area contributed by atoms with Crippen LogP contribution in [0.4, 0.5) is 0 Å². The first-order valence-electron chi connectivity index (χ1n) is 9.96. The summed E-state index contributed by atoms with van der Waals surface area (Å²) in [5, 5.41) is 0.601. The number of halogens is 1. The quantitative estimate of drug-likeness (QED) is 0.669. The molecular weight excluding hydrogens is 410 g/mol. The molecule has 154 valence electrons. The monoisotopic (exact) mass is 433 g/mol. The van der Waals surface area contributed by atoms with E-state index in [-0.39, 0.29) is 18.5 Å². The third-order valence-electron chi connectivity index (χ3n) is 5.77. The lowest BCUT2D eigenvalue weighted by molar-refractivity contribution is -0.151. The van der Waals surface area contributed by atoms with Gasteiger partial charge >= 0.3 is 5.97 Å². The topological polar surface area (TPSA) is 63.7 Å². The van der Waals surface area contributed by atoms with E-state index in [1.54, 1.807) is 18.2 Å². The molecule has 0 saturated carbocycles. The molecular formula is C22H24ClNO4S. The molecule has 2 aliphatic rings. The Bertz CT molecular complexity index is 1010. The van der Waals surface area contributed by atoms with E-state index in [9.17, 15) is 13.2 Å². The predicted octanol–water partition coefficient (Wildman–Crippen LogP) is 3.97. The van der Waals surface area contributed by atoms with Gasteiger partial charge in [-0.25, -0.2) is 8.42 Å². The van der Waals surface area contributed by atoms with Crippen LogP contribution in [0.3, 0.4) is 0 Å². The Morgan fingerprint density at radius 2 is 1.83 bits per heavy atom. The number of esters is 1. The highest BCUT2D eigenvalue weighted by atomic mass is 35.5. The van der Waals surface area contributed by atoms with E-state index in [4.69, 9.17) is 16.3 Å². The second-order valence-electron chi connectivity index (χ2n) is 7.70. The summed E-state index contributed by atoms with van der Waals surface area (Å²) >= 11 is 5.95. The number of hydrogen-bond donors (Lipinski definition) is 0. The normalized spacial score (nSPS) is 17.8. The fourth-order valence-corrected chi connectivity index (χ4v) is 5.82. The van der Waals surface area contributed by atoms with Gasteiger partial charge in [-0.05, 0) is 73.1 Å². The molecule has 0 amide bonds. The molecule has 0 radical (unpaired) electrons. The number of rotatable bonds is 5. The van der Waals surface area contributed by atoms with Crippen molar-refractivity contribution < 1.29 is 17.9 Å². The van der Waals surface area contributed by atoms with Crippen LogP contribution in [0.1, 0.15) is 36.0 Å². The number of ether oxygens (including phenoxy) is 1. The number of carbonyl (C=O) groups excluding carboxylic acids is 1. The molecule has 4 rings (SSSR count). The zero-order chi connectivity index (χ0) is 20.4. The van der Waals surface area contributed by atoms with Crippen molar-refractivity contribution >= 4 is 27.6 Å². The van der Waals surface area contributed by atoms with Crippen molar-refractivity contribution in [1.29, 1.82) is 0 Å². The lowest BCUT2D eigenvalue weighted by atomic mass is 9.98. The molecule has 2 aromatic carbocycles. The molecule has 7 heteroatoms. The summed E-state index contributed by atoms with van der Waals surface area (Å²) in [6.07, 6.45) is 4.00. The van der Waals surface area contributed by atoms with E-state index in [1.165, 1.54) is 9.87 Å². The van der Waals surface area contributed by atoms with E-state index in [0.29, 0.717) is 35.8 Å². The molecule has 1 heterocycles. The highest BCUT2D eigenvalue weighted by Crippen LogP contribution is 2.29. The van der Waals surface area contributed by atoms with Gasteiger partial charge < -0.3 is 4.74 Å². The van der Waals surface area contributed by atoms with E-state index >= 15 is 0 Å². The molecule has 0 unspecified atom stereocenters. The van der Waals surface area contributed by atoms with Gasteiger partial charge in [-0.15, -0.1) is 0 Å². The molecule has 1 saturated heterocycles. The summed E-state index contributed by atoms with van der Waals surface area (Å²) in [7, 11) is -3.53. The minimum atomic E-state index is -3.53. The minimum absolute atomic E-state index is 0.174. The SMILES string of the molecule is O=C(OCc1cccc(Cl)c1)C1CCN(S(=O)(=O)c2ccc3c(c2)CCC3)CC1. The maximum Gasteiger partial charge on any atom is 0.309 e. The maximum atomic E-state index is 13.0. The molecule has 0 spiro atoms. The Balaban J connectivity index is 1.34. The number of hydrogen-bond acceptors (Lipinski definition) is 4. The molecule has 5 nitrogen and oxygen atoms in total. The van der Waals surface area contributed by atoms with E-state index in [1.807, 2.05) is 24.3 Å². The van der Waals surface area contributed by atoms with Gasteiger partial charge in [-0.2, -0.15) is 4.31 Å². The van der Waals surface area contributed by atoms with Crippen LogP contribution in [0.2, 0.25) is 5.02 Å². The van der Waals surface area contributed by atoms with Gasteiger partial charge in [0.1, 0.15) is 6.61 Å². The number of nitrogens with zero attached hydrogens (tertiary/aromatic N) is 1. The summed E-state index contributed by atoms with van der Waals surface area (Å²) < 4.78 is 32.9. The number of piperidine rings is 1. The average Bonchev–Trinajstić information content (AvgIpc) is 3.20. The number of aryl methyl sites for hydroxylation is 2. The smallest absolute Gasteiger partial charge is 0.309 e. The number of carbonyl (C=O) groups is 1. The highest BCUT2D eigenvalue weighted by Gasteiger charge is 2.33. The molecule has 0 bridgehead atoms. The summed E-state index contributed by atoms with van der Waals surface area (Å²) in [5.74, 6) is -0.555. The van der Waals surface area contributed by atoms with Crippen molar-refractivity contribution in [1.82, 2.24) is 4.31 Å². The Labute approximate surface area is 176 Å². The van der Waals surface area contributed by atoms with Crippen molar-refractivity contribution in [2.75, 3.05) is 13.1 Å². The second-order valence-corrected chi connectivity index (χ2v) is 10.1. The van der Waals surface area contributed by atoms with Gasteiger partial charge in [0.05, 0.1) is 10.8 Å². The highest BCUT2D eigenvalue weighted by molar-refractivity contribution is 7.89. The molecule has 29 heavy (non-hydrogen) atoms. The van der Waals surface area contributed by atoms with Gasteiger partial charge in [0.15, 0.2) is 0 Å². The van der Waals surface area contributed by atoms with Gasteiger partial charge in [0.25, 0.3) is 0 Å². The van der Waals surface area contributed by atoms with Crippen molar-refractivity contribution in [2.24, 2.45) is 5.92 Å². The molecule has 1 aliphatic heterocycles. The van der Waals surface area contributed by atoms with Gasteiger partial charge in [0.2, 0.25) is 10.0 Å². The second kappa shape index (κ2) is 8.46. The molecule has 0 atom stereocenters. The van der Waals surface area contributed by atoms with Crippen molar-refractivity contribution in [3.05, 3.63) is 64.2 Å². The van der Waals surface area contributed by atoms with Crippen molar-refractivity contribution in [3.63, 3.8) is 0 Å². The van der Waals surface area contributed by atoms with E-state index in [0.717, 1.165) is 30.4 Å². The Morgan fingerprint density at radius 1 is 1.07 bits per heavy atom. The molecule has 1 fully saturated rings. The lowest BCUT2D eigenvalue weighted by Crippen LogP contribution is -2.40. The lowest BCUT2D eigenvalue weighted by Gasteiger charge is -2.30. The fraction of sp³-hybridized carbons (Fsp3) is 0.409. The van der Waals surface area contributed by atoms with Crippen LogP contribution >= 0.6 is 11.6 Å². The van der Waals surface area contributed by atoms with Gasteiger partial charge in [-0.1, -0.05) is 29.8 Å². The van der Waals surface area contributed by atoms with Crippen molar-refractivity contribution in [3.8, 4) is 0 Å².